The fourth-order valence-electron chi connectivity index (χ4n) is 2.02. The van der Waals surface area contributed by atoms with Crippen LogP contribution in [0.2, 0.25) is 0 Å². The van der Waals surface area contributed by atoms with Crippen molar-refractivity contribution in [3.63, 3.8) is 0 Å². The van der Waals surface area contributed by atoms with Crippen LogP contribution in [0.25, 0.3) is 22.4 Å². The zero-order valence-corrected chi connectivity index (χ0v) is 10.6. The summed E-state index contributed by atoms with van der Waals surface area (Å²) in [6, 6.07) is 7.65. The Morgan fingerprint density at radius 1 is 1.16 bits per heavy atom. The van der Waals surface area contributed by atoms with Crippen LogP contribution >= 0.6 is 0 Å². The van der Waals surface area contributed by atoms with Gasteiger partial charge in [0.25, 0.3) is 0 Å². The molecule has 0 saturated carbocycles. The van der Waals surface area contributed by atoms with Gasteiger partial charge >= 0.3 is 0 Å². The molecule has 0 unspecified atom stereocenters. The van der Waals surface area contributed by atoms with Crippen LogP contribution < -0.4 is 5.73 Å². The summed E-state index contributed by atoms with van der Waals surface area (Å²) in [6.07, 6.45) is 2.64. The Bertz CT molecular complexity index is 718. The highest BCUT2D eigenvalue weighted by Gasteiger charge is 2.13. The van der Waals surface area contributed by atoms with Crippen molar-refractivity contribution in [3.05, 3.63) is 30.5 Å². The number of aromatic nitrogens is 5. The molecule has 0 atom stereocenters. The van der Waals surface area contributed by atoms with Crippen molar-refractivity contribution >= 4 is 16.9 Å². The molecule has 1 aromatic carbocycles. The van der Waals surface area contributed by atoms with E-state index in [0.29, 0.717) is 11.5 Å². The van der Waals surface area contributed by atoms with E-state index in [2.05, 4.69) is 27.2 Å². The largest absolute Gasteiger partial charge is 0.382 e. The number of nitrogens with zero attached hydrogens (tertiary/aromatic N) is 5. The molecule has 2 aromatic heterocycles. The molecule has 2 heterocycles. The van der Waals surface area contributed by atoms with Crippen LogP contribution in [0.4, 0.5) is 5.82 Å². The third kappa shape index (κ3) is 2.01. The van der Waals surface area contributed by atoms with Crippen molar-refractivity contribution in [3.8, 4) is 11.4 Å². The summed E-state index contributed by atoms with van der Waals surface area (Å²) < 4.78 is 1.80. The average molecular weight is 254 g/mol. The molecule has 2 N–H and O–H groups in total. The minimum atomic E-state index is 0.401. The van der Waals surface area contributed by atoms with Crippen LogP contribution in [0.15, 0.2) is 30.5 Å². The first kappa shape index (κ1) is 11.6. The van der Waals surface area contributed by atoms with Gasteiger partial charge in [-0.1, -0.05) is 24.3 Å². The van der Waals surface area contributed by atoms with E-state index in [1.165, 1.54) is 0 Å². The molecule has 0 aliphatic heterocycles. The Balaban J connectivity index is 2.18. The summed E-state index contributed by atoms with van der Waals surface area (Å²) in [5.74, 6) is 0.401. The van der Waals surface area contributed by atoms with Crippen LogP contribution in [-0.2, 0) is 6.54 Å². The Labute approximate surface area is 110 Å². The Hall–Kier alpha value is -2.50. The molecule has 0 bridgehead atoms. The lowest BCUT2D eigenvalue weighted by Crippen LogP contribution is -2.05. The van der Waals surface area contributed by atoms with Crippen molar-refractivity contribution in [1.29, 1.82) is 0 Å². The van der Waals surface area contributed by atoms with Crippen molar-refractivity contribution in [2.45, 2.75) is 19.9 Å². The summed E-state index contributed by atoms with van der Waals surface area (Å²) in [6.45, 7) is 2.87. The molecule has 6 heteroatoms. The van der Waals surface area contributed by atoms with Crippen molar-refractivity contribution < 1.29 is 0 Å². The van der Waals surface area contributed by atoms with Crippen LogP contribution in [0.1, 0.15) is 13.3 Å². The fourth-order valence-corrected chi connectivity index (χ4v) is 2.02. The topological polar surface area (TPSA) is 82.5 Å². The van der Waals surface area contributed by atoms with E-state index in [0.717, 1.165) is 29.7 Å². The molecule has 0 spiro atoms. The molecule has 0 saturated heterocycles. The van der Waals surface area contributed by atoms with E-state index in [1.54, 1.807) is 10.9 Å². The van der Waals surface area contributed by atoms with Crippen LogP contribution in [0.3, 0.4) is 0 Å². The van der Waals surface area contributed by atoms with Crippen molar-refractivity contribution in [2.24, 2.45) is 0 Å². The summed E-state index contributed by atoms with van der Waals surface area (Å²) >= 11 is 0. The first-order valence-corrected chi connectivity index (χ1v) is 6.20. The van der Waals surface area contributed by atoms with E-state index >= 15 is 0 Å². The van der Waals surface area contributed by atoms with Gasteiger partial charge in [-0.2, -0.15) is 0 Å². The predicted molar refractivity (Wildman–Crippen MR) is 73.3 cm³/mol. The number of hydrogen-bond acceptors (Lipinski definition) is 5. The Morgan fingerprint density at radius 2 is 1.89 bits per heavy atom. The quantitative estimate of drug-likeness (QED) is 0.771. The first-order chi connectivity index (χ1) is 9.29. The lowest BCUT2D eigenvalue weighted by atomic mass is 10.2. The number of nitrogen functional groups attached to an aromatic ring is 1. The maximum absolute atomic E-state index is 6.00. The number of aryl methyl sites for hydroxylation is 1. The minimum absolute atomic E-state index is 0.401. The van der Waals surface area contributed by atoms with E-state index < -0.39 is 0 Å². The summed E-state index contributed by atoms with van der Waals surface area (Å²) in [4.78, 5) is 8.95. The third-order valence-electron chi connectivity index (χ3n) is 2.89. The highest BCUT2D eigenvalue weighted by atomic mass is 15.4. The van der Waals surface area contributed by atoms with Gasteiger partial charge in [-0.15, -0.1) is 5.10 Å². The monoisotopic (exact) mass is 254 g/mol. The zero-order valence-electron chi connectivity index (χ0n) is 10.6. The number of anilines is 1. The van der Waals surface area contributed by atoms with Gasteiger partial charge in [-0.3, -0.25) is 0 Å². The molecule has 3 rings (SSSR count). The number of nitrogens with two attached hydrogens (primary N) is 1. The van der Waals surface area contributed by atoms with Crippen molar-refractivity contribution in [1.82, 2.24) is 25.0 Å². The highest BCUT2D eigenvalue weighted by Crippen LogP contribution is 2.24. The van der Waals surface area contributed by atoms with Crippen LogP contribution in [-0.4, -0.2) is 25.0 Å². The summed E-state index contributed by atoms with van der Waals surface area (Å²) in [7, 11) is 0. The molecule has 0 radical (unpaired) electrons. The normalized spacial score (nSPS) is 11.0. The average Bonchev–Trinajstić information content (AvgIpc) is 2.86. The SMILES string of the molecule is CCCn1nncc1-c1nc2ccccc2nc1N. The van der Waals surface area contributed by atoms with Gasteiger partial charge in [0.2, 0.25) is 0 Å². The molecule has 19 heavy (non-hydrogen) atoms. The van der Waals surface area contributed by atoms with Gasteiger partial charge in [-0.05, 0) is 18.6 Å². The van der Waals surface area contributed by atoms with Gasteiger partial charge in [0.1, 0.15) is 11.4 Å². The standard InChI is InChI=1S/C13H14N6/c1-2-7-19-11(8-15-18-19)12-13(14)17-10-6-4-3-5-9(10)16-12/h3-6,8H,2,7H2,1H3,(H2,14,17). The van der Waals surface area contributed by atoms with Gasteiger partial charge < -0.3 is 5.73 Å². The summed E-state index contributed by atoms with van der Waals surface area (Å²) in [5.41, 5.74) is 9.05. The van der Waals surface area contributed by atoms with E-state index in [4.69, 9.17) is 5.73 Å². The molecule has 0 fully saturated rings. The number of fused-ring (bicyclic) bond motifs is 1. The maximum Gasteiger partial charge on any atom is 0.152 e. The Morgan fingerprint density at radius 3 is 2.63 bits per heavy atom. The van der Waals surface area contributed by atoms with E-state index in [-0.39, 0.29) is 0 Å². The lowest BCUT2D eigenvalue weighted by molar-refractivity contribution is 0.583. The number of benzene rings is 1. The van der Waals surface area contributed by atoms with Crippen LogP contribution in [0.5, 0.6) is 0 Å². The summed E-state index contributed by atoms with van der Waals surface area (Å²) in [5, 5.41) is 7.97. The molecular formula is C13H14N6. The van der Waals surface area contributed by atoms with Crippen LogP contribution in [0, 0.1) is 0 Å². The molecule has 0 aliphatic carbocycles. The number of para-hydroxylation sites is 2. The van der Waals surface area contributed by atoms with E-state index in [9.17, 15) is 0 Å². The second kappa shape index (κ2) is 4.64. The Kier molecular flexibility index (Phi) is 2.83. The van der Waals surface area contributed by atoms with Gasteiger partial charge in [-0.25, -0.2) is 14.6 Å². The highest BCUT2D eigenvalue weighted by molar-refractivity contribution is 5.81. The minimum Gasteiger partial charge on any atom is -0.382 e. The van der Waals surface area contributed by atoms with E-state index in [1.807, 2.05) is 24.3 Å². The smallest absolute Gasteiger partial charge is 0.152 e. The zero-order chi connectivity index (χ0) is 13.2. The fraction of sp³-hybridized carbons (Fsp3) is 0.231. The molecule has 0 amide bonds. The second-order valence-electron chi connectivity index (χ2n) is 4.29. The van der Waals surface area contributed by atoms with Crippen molar-refractivity contribution in [2.75, 3.05) is 5.73 Å². The van der Waals surface area contributed by atoms with Gasteiger partial charge in [0.15, 0.2) is 5.82 Å². The predicted octanol–water partition coefficient (Wildman–Crippen LogP) is 1.88. The lowest BCUT2D eigenvalue weighted by Gasteiger charge is -2.07. The molecule has 6 nitrogen and oxygen atoms in total. The molecular weight excluding hydrogens is 240 g/mol. The first-order valence-electron chi connectivity index (χ1n) is 6.20. The molecule has 3 aromatic rings. The maximum atomic E-state index is 6.00. The number of hydrogen-bond donors (Lipinski definition) is 1. The second-order valence-corrected chi connectivity index (χ2v) is 4.29. The van der Waals surface area contributed by atoms with Gasteiger partial charge in [0, 0.05) is 6.54 Å². The van der Waals surface area contributed by atoms with Gasteiger partial charge in [0.05, 0.1) is 17.2 Å². The number of rotatable bonds is 3. The molecule has 96 valence electrons. The third-order valence-corrected chi connectivity index (χ3v) is 2.89. The molecule has 0 aliphatic rings.